The first-order valence-electron chi connectivity index (χ1n) is 7.00. The molecule has 0 radical (unpaired) electrons. The third-order valence-corrected chi connectivity index (χ3v) is 3.16. The second kappa shape index (κ2) is 10.0. The Kier molecular flexibility index (Phi) is 9.95. The van der Waals surface area contributed by atoms with Crippen LogP contribution in [0.4, 0.5) is 8.78 Å². The summed E-state index contributed by atoms with van der Waals surface area (Å²) in [5.74, 6) is -2.42. The van der Waals surface area contributed by atoms with E-state index in [1.807, 2.05) is 0 Å². The van der Waals surface area contributed by atoms with Gasteiger partial charge in [-0.25, -0.2) is 8.78 Å². The lowest BCUT2D eigenvalue weighted by Crippen LogP contribution is -2.13. The summed E-state index contributed by atoms with van der Waals surface area (Å²) in [6.45, 7) is 3.78. The van der Waals surface area contributed by atoms with Crippen LogP contribution in [0.5, 0.6) is 0 Å². The zero-order valence-electron chi connectivity index (χ0n) is 11.0. The van der Waals surface area contributed by atoms with Gasteiger partial charge >= 0.3 is 0 Å². The summed E-state index contributed by atoms with van der Waals surface area (Å²) in [5.41, 5.74) is 0. The van der Waals surface area contributed by atoms with Gasteiger partial charge in [0.1, 0.15) is 0 Å². The summed E-state index contributed by atoms with van der Waals surface area (Å²) in [6, 6.07) is 0. The van der Waals surface area contributed by atoms with Crippen molar-refractivity contribution in [1.29, 1.82) is 0 Å². The lowest BCUT2D eigenvalue weighted by Gasteiger charge is -2.12. The SMILES string of the molecule is CCCCCCCCCCCC(F)(F)CC. The average Bonchev–Trinajstić information content (AvgIpc) is 2.27. The smallest absolute Gasteiger partial charge is 0.207 e. The van der Waals surface area contributed by atoms with E-state index >= 15 is 0 Å². The molecule has 0 spiro atoms. The molecule has 0 amide bonds. The van der Waals surface area contributed by atoms with Crippen molar-refractivity contribution in [2.24, 2.45) is 0 Å². The molecule has 0 aliphatic rings. The van der Waals surface area contributed by atoms with Crippen LogP contribution in [0, 0.1) is 0 Å². The van der Waals surface area contributed by atoms with Gasteiger partial charge in [0.15, 0.2) is 0 Å². The van der Waals surface area contributed by atoms with Crippen molar-refractivity contribution < 1.29 is 8.78 Å². The molecule has 0 nitrogen and oxygen atoms in total. The highest BCUT2D eigenvalue weighted by Crippen LogP contribution is 2.25. The van der Waals surface area contributed by atoms with Crippen LogP contribution in [0.25, 0.3) is 0 Å². The quantitative estimate of drug-likeness (QED) is 0.387. The largest absolute Gasteiger partial charge is 0.247 e. The van der Waals surface area contributed by atoms with Crippen LogP contribution < -0.4 is 0 Å². The molecule has 0 aromatic carbocycles. The fourth-order valence-electron chi connectivity index (χ4n) is 1.87. The van der Waals surface area contributed by atoms with E-state index < -0.39 is 5.92 Å². The maximum atomic E-state index is 12.9. The molecule has 0 saturated carbocycles. The molecule has 16 heavy (non-hydrogen) atoms. The molecule has 0 aromatic heterocycles. The van der Waals surface area contributed by atoms with Gasteiger partial charge in [-0.1, -0.05) is 65.2 Å². The first-order chi connectivity index (χ1) is 7.62. The highest BCUT2D eigenvalue weighted by Gasteiger charge is 2.24. The number of rotatable bonds is 11. The maximum Gasteiger partial charge on any atom is 0.247 e. The monoisotopic (exact) mass is 234 g/mol. The van der Waals surface area contributed by atoms with E-state index in [9.17, 15) is 8.78 Å². The second-order valence-corrected chi connectivity index (χ2v) is 4.79. The molecule has 0 saturated heterocycles. The van der Waals surface area contributed by atoms with Crippen LogP contribution in [0.2, 0.25) is 0 Å². The zero-order valence-corrected chi connectivity index (χ0v) is 11.0. The van der Waals surface area contributed by atoms with Gasteiger partial charge in [0.2, 0.25) is 5.92 Å². The number of halogens is 2. The Hall–Kier alpha value is -0.140. The van der Waals surface area contributed by atoms with Crippen LogP contribution in [0.3, 0.4) is 0 Å². The molecular formula is C14H28F2. The van der Waals surface area contributed by atoms with Gasteiger partial charge in [-0.05, 0) is 6.42 Å². The molecule has 0 bridgehead atoms. The molecule has 2 heteroatoms. The molecular weight excluding hydrogens is 206 g/mol. The molecule has 0 aliphatic heterocycles. The molecule has 0 aliphatic carbocycles. The van der Waals surface area contributed by atoms with Gasteiger partial charge < -0.3 is 0 Å². The Morgan fingerprint density at radius 1 is 0.688 bits per heavy atom. The van der Waals surface area contributed by atoms with Crippen molar-refractivity contribution in [3.05, 3.63) is 0 Å². The molecule has 0 unspecified atom stereocenters. The third kappa shape index (κ3) is 10.4. The topological polar surface area (TPSA) is 0 Å². The Morgan fingerprint density at radius 2 is 1.12 bits per heavy atom. The minimum atomic E-state index is -2.42. The van der Waals surface area contributed by atoms with Gasteiger partial charge in [0, 0.05) is 12.8 Å². The zero-order chi connectivity index (χ0) is 12.3. The predicted octanol–water partition coefficient (Wildman–Crippen LogP) is 5.95. The average molecular weight is 234 g/mol. The summed E-state index contributed by atoms with van der Waals surface area (Å²) < 4.78 is 25.7. The van der Waals surface area contributed by atoms with E-state index in [0.717, 1.165) is 12.8 Å². The highest BCUT2D eigenvalue weighted by molar-refractivity contribution is 4.63. The lowest BCUT2D eigenvalue weighted by atomic mass is 10.0. The van der Waals surface area contributed by atoms with Gasteiger partial charge in [-0.2, -0.15) is 0 Å². The first-order valence-corrected chi connectivity index (χ1v) is 7.00. The normalized spacial score (nSPS) is 12.0. The molecule has 98 valence electrons. The molecule has 0 aromatic rings. The summed E-state index contributed by atoms with van der Waals surface area (Å²) in [7, 11) is 0. The maximum absolute atomic E-state index is 12.9. The fraction of sp³-hybridized carbons (Fsp3) is 1.00. The first kappa shape index (κ1) is 15.9. The highest BCUT2D eigenvalue weighted by atomic mass is 19.3. The Labute approximate surface area is 99.8 Å². The van der Waals surface area contributed by atoms with E-state index in [0.29, 0.717) is 6.42 Å². The molecule has 0 N–H and O–H groups in total. The van der Waals surface area contributed by atoms with Crippen molar-refractivity contribution in [3.8, 4) is 0 Å². The van der Waals surface area contributed by atoms with E-state index in [1.54, 1.807) is 6.92 Å². The Balaban J connectivity index is 3.10. The van der Waals surface area contributed by atoms with Gasteiger partial charge in [-0.15, -0.1) is 0 Å². The van der Waals surface area contributed by atoms with E-state index in [-0.39, 0.29) is 12.8 Å². The van der Waals surface area contributed by atoms with Crippen LogP contribution in [-0.2, 0) is 0 Å². The number of hydrogen-bond acceptors (Lipinski definition) is 0. The number of unbranched alkanes of at least 4 members (excludes halogenated alkanes) is 8. The molecule has 0 rings (SSSR count). The summed E-state index contributed by atoms with van der Waals surface area (Å²) in [5, 5.41) is 0. The Bertz CT molecular complexity index is 144. The fourth-order valence-corrected chi connectivity index (χ4v) is 1.87. The van der Waals surface area contributed by atoms with Crippen LogP contribution >= 0.6 is 0 Å². The Morgan fingerprint density at radius 3 is 1.56 bits per heavy atom. The van der Waals surface area contributed by atoms with Crippen LogP contribution in [0.15, 0.2) is 0 Å². The second-order valence-electron chi connectivity index (χ2n) is 4.79. The number of hydrogen-bond donors (Lipinski definition) is 0. The minimum Gasteiger partial charge on any atom is -0.207 e. The van der Waals surface area contributed by atoms with E-state index in [2.05, 4.69) is 6.92 Å². The van der Waals surface area contributed by atoms with Gasteiger partial charge in [0.25, 0.3) is 0 Å². The van der Waals surface area contributed by atoms with Crippen molar-refractivity contribution in [3.63, 3.8) is 0 Å². The summed E-state index contributed by atoms with van der Waals surface area (Å²) in [6.07, 6.45) is 10.7. The van der Waals surface area contributed by atoms with Crippen molar-refractivity contribution >= 4 is 0 Å². The van der Waals surface area contributed by atoms with Gasteiger partial charge in [0.05, 0.1) is 0 Å². The molecule has 0 heterocycles. The minimum absolute atomic E-state index is 0.00990. The van der Waals surface area contributed by atoms with Crippen LogP contribution in [-0.4, -0.2) is 5.92 Å². The van der Waals surface area contributed by atoms with E-state index in [1.165, 1.54) is 38.5 Å². The van der Waals surface area contributed by atoms with E-state index in [4.69, 9.17) is 0 Å². The van der Waals surface area contributed by atoms with Crippen molar-refractivity contribution in [2.45, 2.75) is 90.4 Å². The summed E-state index contributed by atoms with van der Waals surface area (Å²) >= 11 is 0. The molecule has 0 fully saturated rings. The number of alkyl halides is 2. The van der Waals surface area contributed by atoms with Crippen molar-refractivity contribution in [2.75, 3.05) is 0 Å². The lowest BCUT2D eigenvalue weighted by molar-refractivity contribution is -0.0137. The van der Waals surface area contributed by atoms with Crippen molar-refractivity contribution in [1.82, 2.24) is 0 Å². The van der Waals surface area contributed by atoms with Crippen LogP contribution in [0.1, 0.15) is 84.5 Å². The van der Waals surface area contributed by atoms with Gasteiger partial charge in [-0.3, -0.25) is 0 Å². The third-order valence-electron chi connectivity index (χ3n) is 3.16. The predicted molar refractivity (Wildman–Crippen MR) is 67.1 cm³/mol. The molecule has 0 atom stereocenters. The standard InChI is InChI=1S/C14H28F2/c1-3-5-6-7-8-9-10-11-12-13-14(15,16)4-2/h3-13H2,1-2H3. The summed E-state index contributed by atoms with van der Waals surface area (Å²) in [4.78, 5) is 0.